The lowest BCUT2D eigenvalue weighted by Crippen LogP contribution is -2.42. The molecule has 0 unspecified atom stereocenters. The van der Waals surface area contributed by atoms with Gasteiger partial charge in [-0.15, -0.1) is 0 Å². The van der Waals surface area contributed by atoms with Gasteiger partial charge in [0.2, 0.25) is 5.91 Å². The van der Waals surface area contributed by atoms with Gasteiger partial charge in [0.05, 0.1) is 13.2 Å². The van der Waals surface area contributed by atoms with Gasteiger partial charge < -0.3 is 25.4 Å². The zero-order valence-electron chi connectivity index (χ0n) is 18.6. The van der Waals surface area contributed by atoms with Gasteiger partial charge in [-0.3, -0.25) is 4.79 Å². The molecule has 0 aromatic heterocycles. The Morgan fingerprint density at radius 2 is 1.76 bits per heavy atom. The van der Waals surface area contributed by atoms with Crippen molar-refractivity contribution in [3.8, 4) is 11.5 Å². The normalized spacial score (nSPS) is 14.8. The number of aliphatic imine (C=N–C) groups is 1. The predicted octanol–water partition coefficient (Wildman–Crippen LogP) is 3.56. The number of guanidine groups is 1. The Bertz CT molecular complexity index is 718. The summed E-state index contributed by atoms with van der Waals surface area (Å²) in [6.07, 6.45) is 1.84. The van der Waals surface area contributed by atoms with Gasteiger partial charge in [0.25, 0.3) is 0 Å². The van der Waals surface area contributed by atoms with Gasteiger partial charge in [0.15, 0.2) is 17.5 Å². The van der Waals surface area contributed by atoms with E-state index < -0.39 is 0 Å². The van der Waals surface area contributed by atoms with Crippen molar-refractivity contribution in [2.24, 2.45) is 10.4 Å². The molecule has 2 rings (SSSR count). The van der Waals surface area contributed by atoms with Crippen molar-refractivity contribution in [2.45, 2.75) is 59.9 Å². The number of rotatable bonds is 5. The minimum Gasteiger partial charge on any atom is -0.490 e. The summed E-state index contributed by atoms with van der Waals surface area (Å²) in [4.78, 5) is 16.6. The molecule has 0 fully saturated rings. The van der Waals surface area contributed by atoms with Crippen LogP contribution in [0.2, 0.25) is 0 Å². The summed E-state index contributed by atoms with van der Waals surface area (Å²) in [5.74, 6) is 1.91. The molecular weight excluding hydrogens is 368 g/mol. The summed E-state index contributed by atoms with van der Waals surface area (Å²) in [5.41, 5.74) is 0.748. The van der Waals surface area contributed by atoms with E-state index in [0.717, 1.165) is 30.8 Å². The number of amides is 1. The van der Waals surface area contributed by atoms with Crippen LogP contribution in [0.15, 0.2) is 23.2 Å². The van der Waals surface area contributed by atoms with Crippen molar-refractivity contribution in [3.63, 3.8) is 0 Å². The Balaban J connectivity index is 2.08. The third-order valence-electron chi connectivity index (χ3n) is 4.07. The third-order valence-corrected chi connectivity index (χ3v) is 4.07. The molecule has 0 saturated carbocycles. The van der Waals surface area contributed by atoms with Crippen molar-refractivity contribution in [1.29, 1.82) is 0 Å². The smallest absolute Gasteiger partial charge is 0.242 e. The zero-order valence-corrected chi connectivity index (χ0v) is 18.6. The minimum atomic E-state index is -0.284. The standard InChI is InChI=1S/C22H36N4O3/c1-21(2,3)10-11-23-20(24-15-19(27)26-22(4,5)6)25-16-8-9-17-18(14-16)29-13-7-12-28-17/h8-9,14H,7,10-13,15H2,1-6H3,(H,26,27)(H2,23,24,25). The summed E-state index contributed by atoms with van der Waals surface area (Å²) < 4.78 is 11.4. The summed E-state index contributed by atoms with van der Waals surface area (Å²) in [6.45, 7) is 14.5. The largest absolute Gasteiger partial charge is 0.490 e. The third kappa shape index (κ3) is 9.07. The van der Waals surface area contributed by atoms with Gasteiger partial charge in [-0.05, 0) is 44.7 Å². The van der Waals surface area contributed by atoms with Crippen LogP contribution in [0.1, 0.15) is 54.4 Å². The lowest BCUT2D eigenvalue weighted by molar-refractivity contribution is -0.121. The van der Waals surface area contributed by atoms with Crippen LogP contribution in [-0.2, 0) is 4.79 Å². The molecule has 0 atom stereocenters. The van der Waals surface area contributed by atoms with Crippen LogP contribution in [0, 0.1) is 5.41 Å². The quantitative estimate of drug-likeness (QED) is 0.516. The molecule has 7 heteroatoms. The van der Waals surface area contributed by atoms with E-state index in [1.54, 1.807) is 0 Å². The molecule has 1 heterocycles. The summed E-state index contributed by atoms with van der Waals surface area (Å²) in [6, 6.07) is 5.71. The fourth-order valence-corrected chi connectivity index (χ4v) is 2.68. The van der Waals surface area contributed by atoms with Gasteiger partial charge in [0.1, 0.15) is 6.54 Å². The van der Waals surface area contributed by atoms with E-state index in [9.17, 15) is 4.79 Å². The van der Waals surface area contributed by atoms with Gasteiger partial charge in [-0.1, -0.05) is 20.8 Å². The van der Waals surface area contributed by atoms with E-state index in [-0.39, 0.29) is 23.4 Å². The summed E-state index contributed by atoms with van der Waals surface area (Å²) >= 11 is 0. The van der Waals surface area contributed by atoms with Gasteiger partial charge in [-0.25, -0.2) is 4.99 Å². The molecule has 1 amide bonds. The van der Waals surface area contributed by atoms with Crippen LogP contribution in [0.5, 0.6) is 11.5 Å². The van der Waals surface area contributed by atoms with E-state index in [0.29, 0.717) is 24.9 Å². The second-order valence-corrected chi connectivity index (χ2v) is 9.54. The highest BCUT2D eigenvalue weighted by molar-refractivity contribution is 5.95. The molecule has 1 aromatic carbocycles. The number of ether oxygens (including phenoxy) is 2. The number of hydrogen-bond donors (Lipinski definition) is 3. The molecule has 0 radical (unpaired) electrons. The number of nitrogens with zero attached hydrogens (tertiary/aromatic N) is 1. The molecular formula is C22H36N4O3. The first kappa shape index (κ1) is 22.8. The molecule has 1 aliphatic rings. The molecule has 3 N–H and O–H groups in total. The lowest BCUT2D eigenvalue weighted by atomic mass is 9.92. The van der Waals surface area contributed by atoms with Crippen LogP contribution in [0.4, 0.5) is 5.69 Å². The maximum absolute atomic E-state index is 12.2. The fraction of sp³-hybridized carbons (Fsp3) is 0.636. The van der Waals surface area contributed by atoms with E-state index in [4.69, 9.17) is 9.47 Å². The summed E-state index contributed by atoms with van der Waals surface area (Å²) in [5, 5.41) is 9.53. The lowest BCUT2D eigenvalue weighted by Gasteiger charge is -2.21. The number of hydrogen-bond acceptors (Lipinski definition) is 4. The Morgan fingerprint density at radius 1 is 1.07 bits per heavy atom. The van der Waals surface area contributed by atoms with Crippen molar-refractivity contribution >= 4 is 17.6 Å². The van der Waals surface area contributed by atoms with E-state index >= 15 is 0 Å². The minimum absolute atomic E-state index is 0.0483. The van der Waals surface area contributed by atoms with Crippen LogP contribution < -0.4 is 25.4 Å². The van der Waals surface area contributed by atoms with Crippen LogP contribution in [0.25, 0.3) is 0 Å². The maximum Gasteiger partial charge on any atom is 0.242 e. The molecule has 0 aliphatic carbocycles. The summed E-state index contributed by atoms with van der Waals surface area (Å²) in [7, 11) is 0. The van der Waals surface area contributed by atoms with Crippen molar-refractivity contribution in [2.75, 3.05) is 31.6 Å². The van der Waals surface area contributed by atoms with Crippen LogP contribution in [0.3, 0.4) is 0 Å². The van der Waals surface area contributed by atoms with E-state index in [1.165, 1.54) is 0 Å². The highest BCUT2D eigenvalue weighted by Crippen LogP contribution is 2.32. The average molecular weight is 405 g/mol. The maximum atomic E-state index is 12.2. The number of nitrogens with one attached hydrogen (secondary N) is 3. The molecule has 1 aliphatic heterocycles. The Hall–Kier alpha value is -2.44. The number of benzene rings is 1. The number of anilines is 1. The van der Waals surface area contributed by atoms with Crippen molar-refractivity contribution in [3.05, 3.63) is 18.2 Å². The zero-order chi connectivity index (χ0) is 21.5. The van der Waals surface area contributed by atoms with E-state index in [1.807, 2.05) is 39.0 Å². The predicted molar refractivity (Wildman–Crippen MR) is 118 cm³/mol. The first-order valence-electron chi connectivity index (χ1n) is 10.3. The van der Waals surface area contributed by atoms with Crippen LogP contribution in [-0.4, -0.2) is 43.7 Å². The van der Waals surface area contributed by atoms with Gasteiger partial charge in [-0.2, -0.15) is 0 Å². The molecule has 0 spiro atoms. The van der Waals surface area contributed by atoms with Gasteiger partial charge >= 0.3 is 0 Å². The second kappa shape index (κ2) is 9.85. The van der Waals surface area contributed by atoms with Crippen LogP contribution >= 0.6 is 0 Å². The average Bonchev–Trinajstić information content (AvgIpc) is 2.82. The topological polar surface area (TPSA) is 84.0 Å². The molecule has 29 heavy (non-hydrogen) atoms. The van der Waals surface area contributed by atoms with E-state index in [2.05, 4.69) is 41.7 Å². The van der Waals surface area contributed by atoms with Gasteiger partial charge in [0, 0.05) is 30.3 Å². The van der Waals surface area contributed by atoms with Crippen molar-refractivity contribution < 1.29 is 14.3 Å². The number of fused-ring (bicyclic) bond motifs is 1. The number of carbonyl (C=O) groups excluding carboxylic acids is 1. The molecule has 0 bridgehead atoms. The fourth-order valence-electron chi connectivity index (χ4n) is 2.68. The number of carbonyl (C=O) groups is 1. The Labute approximate surface area is 174 Å². The molecule has 162 valence electrons. The highest BCUT2D eigenvalue weighted by Gasteiger charge is 2.15. The molecule has 0 saturated heterocycles. The highest BCUT2D eigenvalue weighted by atomic mass is 16.5. The second-order valence-electron chi connectivity index (χ2n) is 9.54. The Kier molecular flexibility index (Phi) is 7.76. The van der Waals surface area contributed by atoms with Crippen molar-refractivity contribution in [1.82, 2.24) is 10.6 Å². The molecule has 7 nitrogen and oxygen atoms in total. The Morgan fingerprint density at radius 3 is 2.41 bits per heavy atom. The first-order valence-corrected chi connectivity index (χ1v) is 10.3. The monoisotopic (exact) mass is 404 g/mol. The SMILES string of the molecule is CC(C)(C)CCNC(=NCC(=O)NC(C)(C)C)Nc1ccc2c(c1)OCCCO2. The molecule has 1 aromatic rings. The first-order chi connectivity index (χ1) is 13.5.